The Bertz CT molecular complexity index is 886. The molecule has 5 nitrogen and oxygen atoms in total. The van der Waals surface area contributed by atoms with E-state index in [0.717, 1.165) is 23.3 Å². The summed E-state index contributed by atoms with van der Waals surface area (Å²) < 4.78 is 52.2. The zero-order valence-electron chi connectivity index (χ0n) is 14.3. The lowest BCUT2D eigenvalue weighted by Crippen LogP contribution is -2.31. The smallest absolute Gasteiger partial charge is 0.240 e. The van der Waals surface area contributed by atoms with Crippen LogP contribution in [0.5, 0.6) is 0 Å². The number of sulfonamides is 1. The van der Waals surface area contributed by atoms with Gasteiger partial charge in [-0.15, -0.1) is 0 Å². The van der Waals surface area contributed by atoms with Crippen LogP contribution in [0.1, 0.15) is 17.5 Å². The summed E-state index contributed by atoms with van der Waals surface area (Å²) in [5.74, 6) is -2.68. The molecule has 0 aromatic heterocycles. The number of amides is 1. The summed E-state index contributed by atoms with van der Waals surface area (Å²) in [5.41, 5.74) is 2.27. The number of nitrogens with one attached hydrogen (secondary N) is 2. The lowest BCUT2D eigenvalue weighted by molar-refractivity contribution is -0.120. The van der Waals surface area contributed by atoms with Gasteiger partial charge in [0.25, 0.3) is 0 Å². The molecule has 2 rings (SSSR count). The number of rotatable bonds is 8. The van der Waals surface area contributed by atoms with Gasteiger partial charge in [0.15, 0.2) is 11.6 Å². The lowest BCUT2D eigenvalue weighted by Gasteiger charge is -2.09. The summed E-state index contributed by atoms with van der Waals surface area (Å²) in [6.07, 6.45) is 0.621. The van der Waals surface area contributed by atoms with Crippen molar-refractivity contribution in [3.8, 4) is 0 Å². The van der Waals surface area contributed by atoms with Crippen molar-refractivity contribution in [1.82, 2.24) is 10.0 Å². The second kappa shape index (κ2) is 8.86. The molecule has 26 heavy (non-hydrogen) atoms. The highest BCUT2D eigenvalue weighted by molar-refractivity contribution is 7.89. The van der Waals surface area contributed by atoms with Crippen LogP contribution in [-0.4, -0.2) is 27.4 Å². The number of hydrogen-bond donors (Lipinski definition) is 2. The van der Waals surface area contributed by atoms with Gasteiger partial charge >= 0.3 is 0 Å². The predicted molar refractivity (Wildman–Crippen MR) is 94.1 cm³/mol. The molecular formula is C18H20F2N2O3S. The zero-order valence-corrected chi connectivity index (χ0v) is 15.1. The molecular weight excluding hydrogens is 362 g/mol. The monoisotopic (exact) mass is 382 g/mol. The first-order valence-electron chi connectivity index (χ1n) is 8.05. The lowest BCUT2D eigenvalue weighted by atomic mass is 10.1. The minimum Gasteiger partial charge on any atom is -0.356 e. The van der Waals surface area contributed by atoms with E-state index in [1.807, 2.05) is 31.2 Å². The molecule has 0 heterocycles. The highest BCUT2D eigenvalue weighted by Gasteiger charge is 2.16. The van der Waals surface area contributed by atoms with Crippen molar-refractivity contribution in [3.63, 3.8) is 0 Å². The first-order chi connectivity index (χ1) is 12.3. The summed E-state index contributed by atoms with van der Waals surface area (Å²) in [4.78, 5) is 11.4. The van der Waals surface area contributed by atoms with Crippen LogP contribution in [-0.2, 0) is 21.2 Å². The quantitative estimate of drug-likeness (QED) is 0.736. The first kappa shape index (κ1) is 20.0. The third kappa shape index (κ3) is 5.60. The van der Waals surface area contributed by atoms with Crippen molar-refractivity contribution in [1.29, 1.82) is 0 Å². The number of halogens is 2. The third-order valence-electron chi connectivity index (χ3n) is 3.82. The molecule has 0 atom stereocenters. The topological polar surface area (TPSA) is 75.3 Å². The second-order valence-electron chi connectivity index (χ2n) is 5.75. The van der Waals surface area contributed by atoms with Crippen molar-refractivity contribution < 1.29 is 22.0 Å². The molecule has 0 unspecified atom stereocenters. The van der Waals surface area contributed by atoms with E-state index in [1.165, 1.54) is 0 Å². The van der Waals surface area contributed by atoms with Crippen molar-refractivity contribution in [2.75, 3.05) is 13.1 Å². The first-order valence-corrected chi connectivity index (χ1v) is 9.54. The molecule has 0 bridgehead atoms. The molecule has 0 fully saturated rings. The van der Waals surface area contributed by atoms with Crippen LogP contribution in [0.4, 0.5) is 8.78 Å². The molecule has 0 aliphatic carbocycles. The minimum absolute atomic E-state index is 0.0589. The van der Waals surface area contributed by atoms with E-state index in [0.29, 0.717) is 19.0 Å². The number of hydrogen-bond acceptors (Lipinski definition) is 3. The molecule has 140 valence electrons. The predicted octanol–water partition coefficient (Wildman–Crippen LogP) is 2.30. The van der Waals surface area contributed by atoms with Gasteiger partial charge in [-0.2, -0.15) is 0 Å². The van der Waals surface area contributed by atoms with Gasteiger partial charge in [0.1, 0.15) is 0 Å². The van der Waals surface area contributed by atoms with Gasteiger partial charge in [-0.05, 0) is 42.7 Å². The van der Waals surface area contributed by atoms with Crippen LogP contribution >= 0.6 is 0 Å². The van der Waals surface area contributed by atoms with Crippen LogP contribution < -0.4 is 10.0 Å². The average Bonchev–Trinajstić information content (AvgIpc) is 2.59. The fourth-order valence-electron chi connectivity index (χ4n) is 2.34. The fraction of sp³-hybridized carbons (Fsp3) is 0.278. The summed E-state index contributed by atoms with van der Waals surface area (Å²) in [6.45, 7) is 2.29. The Balaban J connectivity index is 1.77. The van der Waals surface area contributed by atoms with Gasteiger partial charge in [-0.25, -0.2) is 21.9 Å². The fourth-order valence-corrected chi connectivity index (χ4v) is 3.39. The maximum absolute atomic E-state index is 13.1. The van der Waals surface area contributed by atoms with E-state index >= 15 is 0 Å². The maximum atomic E-state index is 13.1. The van der Waals surface area contributed by atoms with Crippen molar-refractivity contribution in [2.24, 2.45) is 0 Å². The standard InChI is InChI=1S/C18H20F2N2O3S/c1-13-4-2-3-5-14(13)8-10-21-18(23)9-11-22-26(24,25)15-6-7-16(19)17(20)12-15/h2-7,12,22H,8-11H2,1H3,(H,21,23). The largest absolute Gasteiger partial charge is 0.356 e. The van der Waals surface area contributed by atoms with Crippen LogP contribution in [0.2, 0.25) is 0 Å². The van der Waals surface area contributed by atoms with Crippen LogP contribution in [0.25, 0.3) is 0 Å². The molecule has 0 aliphatic rings. The molecule has 1 amide bonds. The Hall–Kier alpha value is -2.32. The van der Waals surface area contributed by atoms with Gasteiger partial charge in [0.05, 0.1) is 4.90 Å². The van der Waals surface area contributed by atoms with Gasteiger partial charge in [-0.1, -0.05) is 24.3 Å². The Labute approximate surface area is 151 Å². The zero-order chi connectivity index (χ0) is 19.2. The van der Waals surface area contributed by atoms with Gasteiger partial charge in [0.2, 0.25) is 15.9 Å². The molecule has 0 radical (unpaired) electrons. The molecule has 0 aliphatic heterocycles. The summed E-state index contributed by atoms with van der Waals surface area (Å²) in [7, 11) is -4.00. The van der Waals surface area contributed by atoms with Gasteiger partial charge in [-0.3, -0.25) is 4.79 Å². The van der Waals surface area contributed by atoms with Crippen molar-refractivity contribution in [2.45, 2.75) is 24.7 Å². The van der Waals surface area contributed by atoms with Crippen LogP contribution in [0, 0.1) is 18.6 Å². The Kier molecular flexibility index (Phi) is 6.82. The van der Waals surface area contributed by atoms with Crippen molar-refractivity contribution >= 4 is 15.9 Å². The molecule has 2 N–H and O–H groups in total. The third-order valence-corrected chi connectivity index (χ3v) is 5.28. The average molecular weight is 382 g/mol. The number of carbonyl (C=O) groups excluding carboxylic acids is 1. The van der Waals surface area contributed by atoms with Crippen LogP contribution in [0.15, 0.2) is 47.4 Å². The van der Waals surface area contributed by atoms with Gasteiger partial charge in [0, 0.05) is 19.5 Å². The molecule has 2 aromatic carbocycles. The normalized spacial score (nSPS) is 11.3. The second-order valence-corrected chi connectivity index (χ2v) is 7.52. The number of benzene rings is 2. The molecule has 0 saturated heterocycles. The van der Waals surface area contributed by atoms with E-state index in [-0.39, 0.29) is 18.9 Å². The van der Waals surface area contributed by atoms with Gasteiger partial charge < -0.3 is 5.32 Å². The number of carbonyl (C=O) groups is 1. The maximum Gasteiger partial charge on any atom is 0.240 e. The molecule has 0 saturated carbocycles. The highest BCUT2D eigenvalue weighted by Crippen LogP contribution is 2.13. The Morgan fingerprint density at radius 3 is 2.46 bits per heavy atom. The molecule has 0 spiro atoms. The Morgan fingerprint density at radius 1 is 1.04 bits per heavy atom. The SMILES string of the molecule is Cc1ccccc1CCNC(=O)CCNS(=O)(=O)c1ccc(F)c(F)c1. The molecule has 2 aromatic rings. The summed E-state index contributed by atoms with van der Waals surface area (Å²) >= 11 is 0. The van der Waals surface area contributed by atoms with E-state index in [4.69, 9.17) is 0 Å². The highest BCUT2D eigenvalue weighted by atomic mass is 32.2. The van der Waals surface area contributed by atoms with E-state index in [2.05, 4.69) is 10.0 Å². The van der Waals surface area contributed by atoms with E-state index in [9.17, 15) is 22.0 Å². The van der Waals surface area contributed by atoms with E-state index < -0.39 is 26.6 Å². The minimum atomic E-state index is -4.00. The summed E-state index contributed by atoms with van der Waals surface area (Å²) in [6, 6.07) is 10.1. The molecule has 8 heteroatoms. The Morgan fingerprint density at radius 2 is 1.77 bits per heavy atom. The van der Waals surface area contributed by atoms with Crippen LogP contribution in [0.3, 0.4) is 0 Å². The summed E-state index contributed by atoms with van der Waals surface area (Å²) in [5, 5.41) is 2.72. The van der Waals surface area contributed by atoms with Crippen molar-refractivity contribution in [3.05, 3.63) is 65.2 Å². The van der Waals surface area contributed by atoms with E-state index in [1.54, 1.807) is 0 Å². The number of aryl methyl sites for hydroxylation is 1.